The van der Waals surface area contributed by atoms with Crippen molar-refractivity contribution in [1.82, 2.24) is 19.8 Å². The highest BCUT2D eigenvalue weighted by atomic mass is 16.2. The van der Waals surface area contributed by atoms with E-state index in [1.165, 1.54) is 0 Å². The van der Waals surface area contributed by atoms with Crippen molar-refractivity contribution in [2.75, 3.05) is 27.2 Å². The van der Waals surface area contributed by atoms with Crippen LogP contribution in [0.2, 0.25) is 0 Å². The highest BCUT2D eigenvalue weighted by molar-refractivity contribution is 5.94. The third kappa shape index (κ3) is 4.04. The highest BCUT2D eigenvalue weighted by Gasteiger charge is 2.27. The number of hydrogen-bond donors (Lipinski definition) is 0. The summed E-state index contributed by atoms with van der Waals surface area (Å²) in [6.07, 6.45) is 5.69. The molecule has 1 saturated heterocycles. The zero-order valence-electron chi connectivity index (χ0n) is 15.2. The third-order valence-electron chi connectivity index (χ3n) is 5.31. The van der Waals surface area contributed by atoms with E-state index in [2.05, 4.69) is 28.8 Å². The zero-order valence-corrected chi connectivity index (χ0v) is 15.2. The van der Waals surface area contributed by atoms with Crippen LogP contribution in [0.4, 0.5) is 0 Å². The Kier molecular flexibility index (Phi) is 5.43. The van der Waals surface area contributed by atoms with Gasteiger partial charge in [0.05, 0.1) is 17.0 Å². The summed E-state index contributed by atoms with van der Waals surface area (Å²) in [5, 5.41) is 0. The van der Waals surface area contributed by atoms with Gasteiger partial charge in [-0.15, -0.1) is 0 Å². The maximum Gasteiger partial charge on any atom is 0.255 e. The van der Waals surface area contributed by atoms with Crippen LogP contribution in [0.3, 0.4) is 0 Å². The van der Waals surface area contributed by atoms with Crippen molar-refractivity contribution in [3.8, 4) is 11.4 Å². The Morgan fingerprint density at radius 3 is 2.48 bits per heavy atom. The number of amides is 1. The second-order valence-electron chi connectivity index (χ2n) is 6.94. The van der Waals surface area contributed by atoms with Gasteiger partial charge in [-0.2, -0.15) is 0 Å². The van der Waals surface area contributed by atoms with Crippen LogP contribution in [0.5, 0.6) is 0 Å². The zero-order chi connectivity index (χ0) is 17.8. The summed E-state index contributed by atoms with van der Waals surface area (Å²) in [5.74, 6) is 0.595. The monoisotopic (exact) mass is 338 g/mol. The van der Waals surface area contributed by atoms with Crippen molar-refractivity contribution in [3.05, 3.63) is 48.3 Å². The van der Waals surface area contributed by atoms with Crippen LogP contribution in [-0.4, -0.2) is 58.9 Å². The first kappa shape index (κ1) is 17.5. The maximum atomic E-state index is 12.8. The minimum absolute atomic E-state index is 0.0338. The van der Waals surface area contributed by atoms with Crippen molar-refractivity contribution in [3.63, 3.8) is 0 Å². The topological polar surface area (TPSA) is 49.3 Å². The molecule has 3 heterocycles. The van der Waals surface area contributed by atoms with Gasteiger partial charge in [-0.05, 0) is 70.1 Å². The normalized spacial score (nSPS) is 17.2. The fourth-order valence-electron chi connectivity index (χ4n) is 3.40. The van der Waals surface area contributed by atoms with Gasteiger partial charge in [0, 0.05) is 25.5 Å². The first-order valence-corrected chi connectivity index (χ1v) is 8.89. The molecule has 1 amide bonds. The summed E-state index contributed by atoms with van der Waals surface area (Å²) in [4.78, 5) is 25.7. The van der Waals surface area contributed by atoms with Crippen LogP contribution in [0.1, 0.15) is 30.1 Å². The van der Waals surface area contributed by atoms with Gasteiger partial charge in [-0.3, -0.25) is 14.8 Å². The third-order valence-corrected chi connectivity index (χ3v) is 5.31. The molecular weight excluding hydrogens is 312 g/mol. The molecule has 1 fully saturated rings. The Morgan fingerprint density at radius 2 is 1.88 bits per heavy atom. The van der Waals surface area contributed by atoms with Gasteiger partial charge >= 0.3 is 0 Å². The molecule has 0 N–H and O–H groups in total. The lowest BCUT2D eigenvalue weighted by Crippen LogP contribution is -2.44. The summed E-state index contributed by atoms with van der Waals surface area (Å²) in [6, 6.07) is 9.66. The molecule has 0 aromatic carbocycles. The predicted octanol–water partition coefficient (Wildman–Crippen LogP) is 2.95. The fraction of sp³-hybridized carbons (Fsp3) is 0.450. The minimum Gasteiger partial charge on any atom is -0.339 e. The van der Waals surface area contributed by atoms with Gasteiger partial charge in [-0.25, -0.2) is 0 Å². The molecule has 0 saturated carbocycles. The van der Waals surface area contributed by atoms with E-state index in [1.54, 1.807) is 12.4 Å². The quantitative estimate of drug-likeness (QED) is 0.860. The van der Waals surface area contributed by atoms with Gasteiger partial charge in [-0.1, -0.05) is 6.07 Å². The van der Waals surface area contributed by atoms with Gasteiger partial charge in [0.2, 0.25) is 0 Å². The van der Waals surface area contributed by atoms with E-state index in [0.717, 1.165) is 37.3 Å². The first-order chi connectivity index (χ1) is 12.1. The van der Waals surface area contributed by atoms with E-state index in [-0.39, 0.29) is 11.9 Å². The average Bonchev–Trinajstić information content (AvgIpc) is 2.67. The molecule has 1 unspecified atom stereocenters. The number of rotatable bonds is 4. The van der Waals surface area contributed by atoms with Crippen LogP contribution in [-0.2, 0) is 0 Å². The smallest absolute Gasteiger partial charge is 0.255 e. The van der Waals surface area contributed by atoms with Crippen molar-refractivity contribution in [2.45, 2.75) is 25.8 Å². The summed E-state index contributed by atoms with van der Waals surface area (Å²) in [5.41, 5.74) is 2.22. The van der Waals surface area contributed by atoms with Crippen LogP contribution in [0.15, 0.2) is 42.7 Å². The van der Waals surface area contributed by atoms with E-state index in [4.69, 9.17) is 0 Å². The molecule has 2 aromatic rings. The van der Waals surface area contributed by atoms with Crippen molar-refractivity contribution < 1.29 is 4.79 Å². The molecule has 5 nitrogen and oxygen atoms in total. The Bertz CT molecular complexity index is 693. The summed E-state index contributed by atoms with van der Waals surface area (Å²) < 4.78 is 0. The molecule has 0 radical (unpaired) electrons. The molecule has 25 heavy (non-hydrogen) atoms. The summed E-state index contributed by atoms with van der Waals surface area (Å²) >= 11 is 0. The number of aromatic nitrogens is 2. The molecule has 1 atom stereocenters. The van der Waals surface area contributed by atoms with Crippen LogP contribution < -0.4 is 0 Å². The molecule has 5 heteroatoms. The molecule has 0 spiro atoms. The van der Waals surface area contributed by atoms with Gasteiger partial charge in [0.1, 0.15) is 0 Å². The van der Waals surface area contributed by atoms with E-state index >= 15 is 0 Å². The largest absolute Gasteiger partial charge is 0.339 e. The molecule has 1 aliphatic heterocycles. The number of pyridine rings is 2. The van der Waals surface area contributed by atoms with Gasteiger partial charge < -0.3 is 9.80 Å². The summed E-state index contributed by atoms with van der Waals surface area (Å²) in [6.45, 7) is 4.37. The molecule has 1 aliphatic rings. The van der Waals surface area contributed by atoms with E-state index < -0.39 is 0 Å². The predicted molar refractivity (Wildman–Crippen MR) is 99.2 cm³/mol. The molecular formula is C20H26N4O. The Balaban J connectivity index is 1.67. The lowest BCUT2D eigenvalue weighted by molar-refractivity contribution is 0.0636. The number of likely N-dealkylation sites (tertiary alicyclic amines) is 1. The van der Waals surface area contributed by atoms with Gasteiger partial charge in [0.15, 0.2) is 0 Å². The van der Waals surface area contributed by atoms with E-state index in [9.17, 15) is 4.79 Å². The fourth-order valence-corrected chi connectivity index (χ4v) is 3.40. The molecule has 3 rings (SSSR count). The first-order valence-electron chi connectivity index (χ1n) is 8.89. The number of piperidine rings is 1. The number of carbonyl (C=O) groups excluding carboxylic acids is 1. The number of carbonyl (C=O) groups is 1. The van der Waals surface area contributed by atoms with Crippen molar-refractivity contribution in [1.29, 1.82) is 0 Å². The minimum atomic E-state index is 0.0338. The van der Waals surface area contributed by atoms with Crippen molar-refractivity contribution >= 4 is 5.91 Å². The molecule has 0 aliphatic carbocycles. The van der Waals surface area contributed by atoms with Crippen LogP contribution >= 0.6 is 0 Å². The van der Waals surface area contributed by atoms with Gasteiger partial charge in [0.25, 0.3) is 5.91 Å². The lowest BCUT2D eigenvalue weighted by atomic mass is 9.89. The number of hydrogen-bond acceptors (Lipinski definition) is 4. The molecule has 0 bridgehead atoms. The second kappa shape index (κ2) is 7.74. The highest BCUT2D eigenvalue weighted by Crippen LogP contribution is 2.24. The standard InChI is InChI=1S/C20H26N4O/c1-15(16-9-12-23(2)13-10-16)24(3)20(25)17-7-8-19(22-14-17)18-6-4-5-11-21-18/h4-8,11,14-16H,9-10,12-13H2,1-3H3. The molecule has 132 valence electrons. The SMILES string of the molecule is CC(C1CCN(C)CC1)N(C)C(=O)c1ccc(-c2ccccn2)nc1. The van der Waals surface area contributed by atoms with Crippen LogP contribution in [0.25, 0.3) is 11.4 Å². The Morgan fingerprint density at radius 1 is 1.16 bits per heavy atom. The van der Waals surface area contributed by atoms with E-state index in [0.29, 0.717) is 11.5 Å². The Hall–Kier alpha value is -2.27. The Labute approximate surface area is 149 Å². The van der Waals surface area contributed by atoms with E-state index in [1.807, 2.05) is 42.3 Å². The van der Waals surface area contributed by atoms with Crippen LogP contribution in [0, 0.1) is 5.92 Å². The molecule has 2 aromatic heterocycles. The average molecular weight is 338 g/mol. The summed E-state index contributed by atoms with van der Waals surface area (Å²) in [7, 11) is 4.06. The maximum absolute atomic E-state index is 12.8. The lowest BCUT2D eigenvalue weighted by Gasteiger charge is -2.37. The second-order valence-corrected chi connectivity index (χ2v) is 6.94. The van der Waals surface area contributed by atoms with Crippen molar-refractivity contribution in [2.24, 2.45) is 5.92 Å². The number of nitrogens with zero attached hydrogens (tertiary/aromatic N) is 4.